The van der Waals surface area contributed by atoms with Crippen molar-refractivity contribution >= 4 is 17.5 Å². The van der Waals surface area contributed by atoms with Crippen molar-refractivity contribution in [1.29, 1.82) is 0 Å². The van der Waals surface area contributed by atoms with Crippen LogP contribution in [0, 0.1) is 11.6 Å². The summed E-state index contributed by atoms with van der Waals surface area (Å²) in [5.41, 5.74) is 5.26. The lowest BCUT2D eigenvalue weighted by molar-refractivity contribution is 0.0736. The first-order chi connectivity index (χ1) is 8.54. The number of benzene rings is 1. The predicted molar refractivity (Wildman–Crippen MR) is 64.5 cm³/mol. The summed E-state index contributed by atoms with van der Waals surface area (Å²) in [6, 6.07) is 1.56. The van der Waals surface area contributed by atoms with Crippen LogP contribution in [-0.2, 0) is 0 Å². The van der Waals surface area contributed by atoms with Crippen molar-refractivity contribution < 1.29 is 13.6 Å². The molecule has 1 fully saturated rings. The second-order valence-electron chi connectivity index (χ2n) is 4.28. The Bertz CT molecular complexity index is 481. The molecular formula is C12H13ClF2N2O. The lowest BCUT2D eigenvalue weighted by Crippen LogP contribution is -2.40. The molecule has 3 nitrogen and oxygen atoms in total. The number of halogens is 3. The van der Waals surface area contributed by atoms with Crippen molar-refractivity contribution in [3.8, 4) is 0 Å². The first-order valence-corrected chi connectivity index (χ1v) is 6.08. The number of likely N-dealkylation sites (tertiary alicyclic amines) is 1. The van der Waals surface area contributed by atoms with Gasteiger partial charge in [-0.15, -0.1) is 0 Å². The van der Waals surface area contributed by atoms with Crippen LogP contribution >= 0.6 is 11.6 Å². The fraction of sp³-hybridized carbons (Fsp3) is 0.417. The van der Waals surface area contributed by atoms with E-state index in [0.29, 0.717) is 13.1 Å². The number of nitrogens with two attached hydrogens (primary N) is 1. The van der Waals surface area contributed by atoms with Gasteiger partial charge >= 0.3 is 0 Å². The highest BCUT2D eigenvalue weighted by Crippen LogP contribution is 2.24. The summed E-state index contributed by atoms with van der Waals surface area (Å²) in [5.74, 6) is -2.14. The van der Waals surface area contributed by atoms with E-state index in [9.17, 15) is 13.6 Å². The molecule has 1 aromatic rings. The van der Waals surface area contributed by atoms with Gasteiger partial charge in [0.1, 0.15) is 11.6 Å². The molecule has 1 unspecified atom stereocenters. The van der Waals surface area contributed by atoms with E-state index in [0.717, 1.165) is 25.0 Å². The van der Waals surface area contributed by atoms with Crippen LogP contribution in [0.5, 0.6) is 0 Å². The second-order valence-corrected chi connectivity index (χ2v) is 4.68. The van der Waals surface area contributed by atoms with Gasteiger partial charge in [-0.2, -0.15) is 0 Å². The van der Waals surface area contributed by atoms with Crippen molar-refractivity contribution in [3.05, 3.63) is 34.4 Å². The van der Waals surface area contributed by atoms with Crippen molar-refractivity contribution in [2.45, 2.75) is 18.9 Å². The zero-order valence-corrected chi connectivity index (χ0v) is 10.4. The van der Waals surface area contributed by atoms with Gasteiger partial charge in [0.25, 0.3) is 5.91 Å². The third-order valence-electron chi connectivity index (χ3n) is 3.15. The second kappa shape index (κ2) is 5.20. The van der Waals surface area contributed by atoms with E-state index in [-0.39, 0.29) is 16.6 Å². The van der Waals surface area contributed by atoms with Crippen molar-refractivity contribution in [3.63, 3.8) is 0 Å². The molecule has 0 aromatic heterocycles. The monoisotopic (exact) mass is 274 g/mol. The van der Waals surface area contributed by atoms with Crippen LogP contribution in [0.2, 0.25) is 5.02 Å². The van der Waals surface area contributed by atoms with Crippen LogP contribution in [0.4, 0.5) is 8.78 Å². The first kappa shape index (κ1) is 13.2. The number of carbonyl (C=O) groups is 1. The third-order valence-corrected chi connectivity index (χ3v) is 3.44. The van der Waals surface area contributed by atoms with Crippen LogP contribution in [-0.4, -0.2) is 29.9 Å². The maximum atomic E-state index is 13.6. The van der Waals surface area contributed by atoms with Crippen LogP contribution in [0.25, 0.3) is 0 Å². The van der Waals surface area contributed by atoms with Crippen LogP contribution in [0.15, 0.2) is 12.1 Å². The van der Waals surface area contributed by atoms with E-state index in [1.54, 1.807) is 0 Å². The number of hydrogen-bond donors (Lipinski definition) is 1. The van der Waals surface area contributed by atoms with Gasteiger partial charge in [-0.1, -0.05) is 11.6 Å². The standard InChI is InChI=1S/C12H13ClF2N2O/c13-9-5-10(14)8(4-11(9)15)12(18)17-3-1-2-7(17)6-16/h4-5,7H,1-3,6,16H2. The quantitative estimate of drug-likeness (QED) is 0.840. The molecule has 1 aromatic carbocycles. The molecule has 0 radical (unpaired) electrons. The van der Waals surface area contributed by atoms with E-state index in [1.165, 1.54) is 4.90 Å². The molecule has 1 atom stereocenters. The molecule has 2 N–H and O–H groups in total. The van der Waals surface area contributed by atoms with Gasteiger partial charge in [0.05, 0.1) is 10.6 Å². The Labute approximate surface area is 109 Å². The summed E-state index contributed by atoms with van der Waals surface area (Å²) in [7, 11) is 0. The van der Waals surface area contributed by atoms with Crippen LogP contribution in [0.3, 0.4) is 0 Å². The number of rotatable bonds is 2. The lowest BCUT2D eigenvalue weighted by atomic mass is 10.1. The molecular weight excluding hydrogens is 262 g/mol. The topological polar surface area (TPSA) is 46.3 Å². The SMILES string of the molecule is NCC1CCCN1C(=O)c1cc(F)c(Cl)cc1F. The van der Waals surface area contributed by atoms with Gasteiger partial charge in [0, 0.05) is 19.1 Å². The molecule has 1 aliphatic rings. The number of carbonyl (C=O) groups excluding carboxylic acids is 1. The fourth-order valence-corrected chi connectivity index (χ4v) is 2.34. The molecule has 98 valence electrons. The average Bonchev–Trinajstić information content (AvgIpc) is 2.81. The largest absolute Gasteiger partial charge is 0.334 e. The van der Waals surface area contributed by atoms with Gasteiger partial charge in [0.15, 0.2) is 0 Å². The average molecular weight is 275 g/mol. The normalized spacial score (nSPS) is 19.3. The molecule has 1 amide bonds. The van der Waals surface area contributed by atoms with Crippen molar-refractivity contribution in [1.82, 2.24) is 4.90 Å². The molecule has 2 rings (SSSR count). The zero-order valence-electron chi connectivity index (χ0n) is 9.63. The highest BCUT2D eigenvalue weighted by atomic mass is 35.5. The van der Waals surface area contributed by atoms with E-state index >= 15 is 0 Å². The number of nitrogens with zero attached hydrogens (tertiary/aromatic N) is 1. The number of amides is 1. The molecule has 6 heteroatoms. The van der Waals surface area contributed by atoms with E-state index in [2.05, 4.69) is 0 Å². The van der Waals surface area contributed by atoms with Crippen molar-refractivity contribution in [2.75, 3.05) is 13.1 Å². The molecule has 1 aliphatic heterocycles. The molecule has 0 aliphatic carbocycles. The summed E-state index contributed by atoms with van der Waals surface area (Å²) in [4.78, 5) is 13.6. The minimum Gasteiger partial charge on any atom is -0.334 e. The highest BCUT2D eigenvalue weighted by Gasteiger charge is 2.30. The Morgan fingerprint density at radius 2 is 2.17 bits per heavy atom. The Hall–Kier alpha value is -1.20. The predicted octanol–water partition coefficient (Wildman–Crippen LogP) is 2.18. The van der Waals surface area contributed by atoms with Crippen molar-refractivity contribution in [2.24, 2.45) is 5.73 Å². The number of hydrogen-bond acceptors (Lipinski definition) is 2. The summed E-state index contributed by atoms with van der Waals surface area (Å²) in [6.07, 6.45) is 1.62. The third kappa shape index (κ3) is 2.33. The zero-order chi connectivity index (χ0) is 13.3. The summed E-state index contributed by atoms with van der Waals surface area (Å²) >= 11 is 5.45. The maximum absolute atomic E-state index is 13.6. The molecule has 0 bridgehead atoms. The molecule has 1 saturated heterocycles. The van der Waals surface area contributed by atoms with Gasteiger partial charge in [-0.3, -0.25) is 4.79 Å². The molecule has 0 saturated carbocycles. The van der Waals surface area contributed by atoms with Gasteiger partial charge in [-0.05, 0) is 25.0 Å². The van der Waals surface area contributed by atoms with Gasteiger partial charge in [0.2, 0.25) is 0 Å². The minimum absolute atomic E-state index is 0.101. The summed E-state index contributed by atoms with van der Waals surface area (Å²) < 4.78 is 26.9. The van der Waals surface area contributed by atoms with Crippen LogP contribution < -0.4 is 5.73 Å². The summed E-state index contributed by atoms with van der Waals surface area (Å²) in [5, 5.41) is -0.333. The lowest BCUT2D eigenvalue weighted by Gasteiger charge is -2.23. The fourth-order valence-electron chi connectivity index (χ4n) is 2.19. The molecule has 18 heavy (non-hydrogen) atoms. The molecule has 0 spiro atoms. The maximum Gasteiger partial charge on any atom is 0.257 e. The Morgan fingerprint density at radius 3 is 2.83 bits per heavy atom. The molecule has 1 heterocycles. The van der Waals surface area contributed by atoms with E-state index in [1.807, 2.05) is 0 Å². The van der Waals surface area contributed by atoms with Crippen LogP contribution in [0.1, 0.15) is 23.2 Å². The summed E-state index contributed by atoms with van der Waals surface area (Å²) in [6.45, 7) is 0.841. The Morgan fingerprint density at radius 1 is 1.44 bits per heavy atom. The van der Waals surface area contributed by atoms with Gasteiger partial charge in [-0.25, -0.2) is 8.78 Å². The Kier molecular flexibility index (Phi) is 3.82. The highest BCUT2D eigenvalue weighted by molar-refractivity contribution is 6.30. The smallest absolute Gasteiger partial charge is 0.257 e. The Balaban J connectivity index is 2.31. The minimum atomic E-state index is -0.811. The first-order valence-electron chi connectivity index (χ1n) is 5.70. The van der Waals surface area contributed by atoms with E-state index in [4.69, 9.17) is 17.3 Å². The van der Waals surface area contributed by atoms with Gasteiger partial charge < -0.3 is 10.6 Å². The van der Waals surface area contributed by atoms with E-state index < -0.39 is 17.5 Å².